The minimum Gasteiger partial charge on any atom is -0.347 e. The molecule has 27 nitrogen and oxygen atoms in total. The lowest BCUT2D eigenvalue weighted by atomic mass is 9.80. The molecule has 714 valence electrons. The van der Waals surface area contributed by atoms with Gasteiger partial charge in [0.15, 0.2) is 0 Å². The second-order valence-corrected chi connectivity index (χ2v) is 44.2. The lowest BCUT2D eigenvalue weighted by Crippen LogP contribution is -2.44. The van der Waals surface area contributed by atoms with E-state index in [9.17, 15) is 41.9 Å². The zero-order valence-electron chi connectivity index (χ0n) is 80.1. The molecule has 31 heteroatoms. The predicted octanol–water partition coefficient (Wildman–Crippen LogP) is 12.2. The lowest BCUT2D eigenvalue weighted by molar-refractivity contribution is -0.125. The van der Waals surface area contributed by atoms with E-state index in [1.165, 1.54) is 54.1 Å². The number of amides is 3. The Kier molecular flexibility index (Phi) is 25.1. The smallest absolute Gasteiger partial charge is 0.224 e. The number of Topliss-reactive ketones (excluding diaryl/α,β-unsaturated/α-hetero) is 3. The maximum atomic E-state index is 14.1. The molecule has 11 aromatic rings. The quantitative estimate of drug-likeness (QED) is 0.0323. The molecule has 24 rings (SSSR count). The summed E-state index contributed by atoms with van der Waals surface area (Å²) in [5.41, 5.74) is 8.25. The molecule has 13 aliphatic rings. The minimum atomic E-state index is -0.660. The van der Waals surface area contributed by atoms with Crippen molar-refractivity contribution in [3.05, 3.63) is 195 Å². The van der Waals surface area contributed by atoms with Crippen LogP contribution in [0, 0.1) is 152 Å². The molecular weight excluding hydrogens is 1730 g/mol. The number of piperidine rings is 6. The van der Waals surface area contributed by atoms with Crippen LogP contribution in [-0.4, -0.2) is 171 Å². The Morgan fingerprint density at radius 3 is 1.51 bits per heavy atom. The highest BCUT2D eigenvalue weighted by atomic mass is 35.5. The number of imidazole rings is 3. The van der Waals surface area contributed by atoms with Gasteiger partial charge in [-0.2, -0.15) is 5.10 Å². The van der Waals surface area contributed by atoms with Crippen molar-refractivity contribution in [3.63, 3.8) is 0 Å². The summed E-state index contributed by atoms with van der Waals surface area (Å²) in [5.74, 6) is 11.1. The van der Waals surface area contributed by atoms with Crippen molar-refractivity contribution in [2.75, 3.05) is 78.5 Å². The lowest BCUT2D eigenvalue weighted by Gasteiger charge is -2.28. The molecule has 6 aliphatic carbocycles. The highest BCUT2D eigenvalue weighted by Crippen LogP contribution is 2.56. The van der Waals surface area contributed by atoms with Gasteiger partial charge in [-0.1, -0.05) is 83.5 Å². The number of aromatic nitrogens is 12. The summed E-state index contributed by atoms with van der Waals surface area (Å²) in [7, 11) is 0. The molecule has 6 saturated heterocycles. The predicted molar refractivity (Wildman–Crippen MR) is 511 cm³/mol. The number of rotatable bonds is 21. The third-order valence-electron chi connectivity index (χ3n) is 32.0. The molecule has 12 fully saturated rings. The second kappa shape index (κ2) is 36.2. The molecule has 9 N–H and O–H groups in total. The third-order valence-corrected chi connectivity index (χ3v) is 32.3. The van der Waals surface area contributed by atoms with Crippen LogP contribution in [0.3, 0.4) is 0 Å². The maximum Gasteiger partial charge on any atom is 0.224 e. The van der Waals surface area contributed by atoms with Gasteiger partial charge in [-0.15, -0.1) is 0 Å². The van der Waals surface area contributed by atoms with Gasteiger partial charge in [-0.3, -0.25) is 37.8 Å². The Labute approximate surface area is 791 Å². The number of fused-ring (bicyclic) bond motifs is 12. The van der Waals surface area contributed by atoms with Crippen molar-refractivity contribution in [2.24, 2.45) is 107 Å². The average Bonchev–Trinajstić information content (AvgIpc) is 1.63. The van der Waals surface area contributed by atoms with E-state index in [0.29, 0.717) is 146 Å². The van der Waals surface area contributed by atoms with Gasteiger partial charge in [-0.05, 0) is 279 Å². The molecule has 9 aromatic heterocycles. The van der Waals surface area contributed by atoms with Gasteiger partial charge in [-0.25, -0.2) is 48.1 Å². The van der Waals surface area contributed by atoms with E-state index in [4.69, 9.17) is 11.6 Å². The van der Waals surface area contributed by atoms with E-state index >= 15 is 0 Å². The standard InChI is InChI=1S/C19H22FN3O.C18H20ClN3O.C18H22FN3O.C17H21FN4O.C16H20N4O.C16H24N4O/c1-10-22-17-11(5-4-6-14(17)20)18(23-10)19(2,3)7-15(24)16-12-8-21-9-13(12)16;1-18(2,6-14(23)15-11-7-20-8-12(11)15)17-10-4-3-5-13(19)16(10)21-9-22-17;1-10-4-11(19)9-22-14(10)8-21-17(22)18(2,3)5-15(23)16-12-6-20-7-13(12)16;1-9-14-12(18)5-4-6-22(14)16(20-9)17(2,3)21-15(23)13-10-7-19-8-11(10)13;1-9-4-3-5-20-13(9)8-18-15(20)10(2)19-16(21)14-11-6-17-7-12(11)14;1-16(2,12-9-18-20-6-4-3-5-13(12)20)19-15(21)14-10-7-17-8-11(10)14/h4-6,12-13,16,21H,7-9H2,1-3H3;3-5,9,11-12,15,20H,6-8H2,1-2H3;4,8-9,12-13,16,20H,5-7H2,1-3H3;4-6,10-11,13,19H,7-8H2,1-3H3,(H,21,23);3-5,8,10-12,14,17H,6-7H2,1-2H3,(H,19,21);9-11,14,17H,3-8H2,1-2H3,(H,19,21)/t12-,13+,16?;11-,12+,15?;12-,13+,16?;10-,11+,13?;10-,11-,12+,14?;10-,11+,14?/m....0./s1. The first-order valence-electron chi connectivity index (χ1n) is 48.7. The summed E-state index contributed by atoms with van der Waals surface area (Å²) in [4.78, 5) is 107. The molecule has 7 aliphatic heterocycles. The molecule has 0 bridgehead atoms. The van der Waals surface area contributed by atoms with Gasteiger partial charge >= 0.3 is 0 Å². The summed E-state index contributed by atoms with van der Waals surface area (Å²) in [5, 5.41) is 36.3. The Hall–Kier alpha value is -10.3. The van der Waals surface area contributed by atoms with E-state index in [2.05, 4.69) is 138 Å². The molecule has 6 unspecified atom stereocenters. The summed E-state index contributed by atoms with van der Waals surface area (Å²) in [6, 6.07) is 19.3. The number of carbonyl (C=O) groups is 6. The number of nitrogens with zero attached hydrogens (tertiary/aromatic N) is 12. The van der Waals surface area contributed by atoms with Crippen molar-refractivity contribution in [1.82, 2.24) is 106 Å². The van der Waals surface area contributed by atoms with Gasteiger partial charge in [0, 0.05) is 118 Å². The van der Waals surface area contributed by atoms with Crippen LogP contribution < -0.4 is 47.9 Å². The van der Waals surface area contributed by atoms with Crippen LogP contribution in [0.1, 0.15) is 177 Å². The van der Waals surface area contributed by atoms with E-state index in [-0.39, 0.29) is 87.7 Å². The molecule has 0 spiro atoms. The minimum absolute atomic E-state index is 0.0731. The largest absolute Gasteiger partial charge is 0.347 e. The first-order valence-corrected chi connectivity index (χ1v) is 49.1. The molecule has 3 amide bonds. The fraction of sp³-hybridized carbons (Fsp3) is 0.558. The van der Waals surface area contributed by atoms with E-state index in [1.54, 1.807) is 53.5 Å². The Morgan fingerprint density at radius 2 is 0.948 bits per heavy atom. The number of hydrogen-bond acceptors (Lipinski definition) is 20. The first kappa shape index (κ1) is 93.7. The van der Waals surface area contributed by atoms with Crippen molar-refractivity contribution >= 4 is 85.0 Å². The van der Waals surface area contributed by atoms with Gasteiger partial charge in [0.1, 0.15) is 75.5 Å². The highest BCUT2D eigenvalue weighted by molar-refractivity contribution is 6.35. The number of aryl methyl sites for hydroxylation is 5. The summed E-state index contributed by atoms with van der Waals surface area (Å²) >= 11 is 6.25. The topological polar surface area (TPSA) is 332 Å². The number of hydrogen-bond donors (Lipinski definition) is 9. The van der Waals surface area contributed by atoms with Crippen LogP contribution >= 0.6 is 11.6 Å². The zero-order chi connectivity index (χ0) is 95.1. The highest BCUT2D eigenvalue weighted by Gasteiger charge is 2.62. The van der Waals surface area contributed by atoms with Crippen molar-refractivity contribution in [2.45, 2.75) is 182 Å². The number of pyridine rings is 3. The molecule has 135 heavy (non-hydrogen) atoms. The first-order chi connectivity index (χ1) is 64.4. The number of carbonyl (C=O) groups excluding carboxylic acids is 6. The van der Waals surface area contributed by atoms with Crippen molar-refractivity contribution in [1.29, 1.82) is 0 Å². The van der Waals surface area contributed by atoms with Crippen LogP contribution in [0.2, 0.25) is 5.02 Å². The van der Waals surface area contributed by atoms with Crippen molar-refractivity contribution < 1.29 is 41.9 Å². The summed E-state index contributed by atoms with van der Waals surface area (Å²) in [6.45, 7) is 42.5. The SMILES string of the molecule is CC(C)(CC(=O)C1[C@H]2CNC[C@@H]12)c1ncnc2c(Cl)cccc12.CC(C)(NC(=O)C1[C@H]2CNC[C@@H]12)c1cnn2c1CCCC2.Cc1cc(F)cn2c(C(C)(C)CC(=O)C3[C@H]4CNC[C@@H]34)ncc12.Cc1cccn2c([C@H](C)NC(=O)C3[C@H]4CNC[C@@H]34)ncc12.Cc1nc(C(C)(C)CC(=O)C2[C@H]3CNC[C@@H]23)c2cccc(F)c2n1.Cc1nc(C(C)(C)NC(=O)C2[C@H]3CNC[C@@H]23)n2cccc(F)c12. The van der Waals surface area contributed by atoms with Gasteiger partial charge in [0.2, 0.25) is 17.7 Å². The van der Waals surface area contributed by atoms with Gasteiger partial charge < -0.3 is 56.7 Å². The number of halogens is 4. The zero-order valence-corrected chi connectivity index (χ0v) is 80.9. The summed E-state index contributed by atoms with van der Waals surface area (Å²) in [6.07, 6.45) is 17.3. The Morgan fingerprint density at radius 1 is 0.474 bits per heavy atom. The molecule has 2 aromatic carbocycles. The Balaban J connectivity index is 0.000000104. The van der Waals surface area contributed by atoms with Crippen LogP contribution in [0.15, 0.2) is 110 Å². The van der Waals surface area contributed by atoms with E-state index < -0.39 is 16.4 Å². The Bertz CT molecular complexity index is 6420. The second-order valence-electron chi connectivity index (χ2n) is 43.7. The molecular formula is C104H129ClF3N21O6. The molecule has 19 atom stereocenters. The number of ketones is 3. The number of nitrogens with one attached hydrogen (secondary N) is 9. The van der Waals surface area contributed by atoms with Gasteiger partial charge in [0.25, 0.3) is 0 Å². The van der Waals surface area contributed by atoms with Crippen molar-refractivity contribution in [3.8, 4) is 0 Å². The van der Waals surface area contributed by atoms with Crippen LogP contribution in [0.5, 0.6) is 0 Å². The van der Waals surface area contributed by atoms with Crippen LogP contribution in [0.25, 0.3) is 38.4 Å². The summed E-state index contributed by atoms with van der Waals surface area (Å²) < 4.78 is 49.7. The van der Waals surface area contributed by atoms with Crippen LogP contribution in [-0.2, 0) is 69.1 Å². The monoisotopic (exact) mass is 1860 g/mol. The van der Waals surface area contributed by atoms with E-state index in [1.807, 2.05) is 104 Å². The molecule has 6 saturated carbocycles. The number of para-hydroxylation sites is 2. The molecule has 16 heterocycles. The normalized spacial score (nSPS) is 27.3. The fourth-order valence-electron chi connectivity index (χ4n) is 24.5. The third kappa shape index (κ3) is 18.3. The number of benzene rings is 2. The fourth-order valence-corrected chi connectivity index (χ4v) is 24.7. The molecule has 0 radical (unpaired) electrons. The van der Waals surface area contributed by atoms with Crippen LogP contribution in [0.4, 0.5) is 13.2 Å². The average molecular weight is 1860 g/mol. The van der Waals surface area contributed by atoms with Gasteiger partial charge in [0.05, 0.1) is 74.4 Å². The maximum absolute atomic E-state index is 14.1. The van der Waals surface area contributed by atoms with E-state index in [0.717, 1.165) is 142 Å².